The second-order valence-corrected chi connectivity index (χ2v) is 5.71. The molecule has 0 unspecified atom stereocenters. The Morgan fingerprint density at radius 1 is 1.39 bits per heavy atom. The number of nitrogens with one attached hydrogen (secondary N) is 1. The van der Waals surface area contributed by atoms with Crippen LogP contribution in [0.25, 0.3) is 4.96 Å². The number of aliphatic hydroxyl groups is 2. The monoisotopic (exact) mass is 269 g/mol. The SMILES string of the molecule is Cc1nc2scc(C)n2c1CNC(C)(CO)CO. The fraction of sp³-hybridized carbons (Fsp3) is 0.583. The molecule has 0 aliphatic heterocycles. The molecule has 0 saturated carbocycles. The summed E-state index contributed by atoms with van der Waals surface area (Å²) in [7, 11) is 0. The molecule has 0 aromatic carbocycles. The number of hydrogen-bond acceptors (Lipinski definition) is 5. The summed E-state index contributed by atoms with van der Waals surface area (Å²) in [5.41, 5.74) is 2.55. The molecule has 3 N–H and O–H groups in total. The normalized spacial score (nSPS) is 12.5. The van der Waals surface area contributed by atoms with E-state index >= 15 is 0 Å². The Bertz CT molecular complexity index is 543. The zero-order chi connectivity index (χ0) is 13.3. The molecule has 2 aromatic heterocycles. The Morgan fingerprint density at radius 3 is 2.67 bits per heavy atom. The molecule has 18 heavy (non-hydrogen) atoms. The molecule has 0 amide bonds. The van der Waals surface area contributed by atoms with Crippen LogP contribution in [0.1, 0.15) is 24.0 Å². The molecular weight excluding hydrogens is 250 g/mol. The molecular formula is C12H19N3O2S. The van der Waals surface area contributed by atoms with E-state index < -0.39 is 5.54 Å². The topological polar surface area (TPSA) is 69.8 Å². The van der Waals surface area contributed by atoms with Crippen LogP contribution in [0.4, 0.5) is 0 Å². The summed E-state index contributed by atoms with van der Waals surface area (Å²) >= 11 is 1.62. The lowest BCUT2D eigenvalue weighted by Crippen LogP contribution is -2.48. The Labute approximate surface area is 110 Å². The number of nitrogens with zero attached hydrogens (tertiary/aromatic N) is 2. The van der Waals surface area contributed by atoms with Crippen LogP contribution in [0.5, 0.6) is 0 Å². The van der Waals surface area contributed by atoms with Gasteiger partial charge in [-0.2, -0.15) is 0 Å². The first-order valence-electron chi connectivity index (χ1n) is 5.89. The second-order valence-electron chi connectivity index (χ2n) is 4.87. The smallest absolute Gasteiger partial charge is 0.194 e. The molecule has 0 atom stereocenters. The summed E-state index contributed by atoms with van der Waals surface area (Å²) in [6.45, 7) is 6.18. The summed E-state index contributed by atoms with van der Waals surface area (Å²) in [5.74, 6) is 0. The van der Waals surface area contributed by atoms with E-state index in [2.05, 4.69) is 20.1 Å². The second kappa shape index (κ2) is 4.97. The van der Waals surface area contributed by atoms with E-state index in [9.17, 15) is 10.2 Å². The van der Waals surface area contributed by atoms with Gasteiger partial charge < -0.3 is 15.5 Å². The number of aromatic nitrogens is 2. The van der Waals surface area contributed by atoms with Crippen molar-refractivity contribution in [3.8, 4) is 0 Å². The van der Waals surface area contributed by atoms with Crippen LogP contribution in [-0.4, -0.2) is 38.4 Å². The van der Waals surface area contributed by atoms with E-state index in [-0.39, 0.29) is 13.2 Å². The molecule has 2 rings (SSSR count). The molecule has 0 fully saturated rings. The molecule has 0 spiro atoms. The number of aliphatic hydroxyl groups excluding tert-OH is 2. The lowest BCUT2D eigenvalue weighted by atomic mass is 10.1. The van der Waals surface area contributed by atoms with Gasteiger partial charge in [0.1, 0.15) is 0 Å². The third kappa shape index (κ3) is 2.29. The van der Waals surface area contributed by atoms with Gasteiger partial charge in [0, 0.05) is 17.6 Å². The van der Waals surface area contributed by atoms with Crippen LogP contribution in [0, 0.1) is 13.8 Å². The minimum atomic E-state index is -0.666. The van der Waals surface area contributed by atoms with Gasteiger partial charge in [0.05, 0.1) is 30.1 Å². The van der Waals surface area contributed by atoms with Crippen molar-refractivity contribution >= 4 is 16.3 Å². The minimum Gasteiger partial charge on any atom is -0.394 e. The largest absolute Gasteiger partial charge is 0.394 e. The van der Waals surface area contributed by atoms with Gasteiger partial charge >= 0.3 is 0 Å². The van der Waals surface area contributed by atoms with Crippen molar-refractivity contribution in [3.63, 3.8) is 0 Å². The molecule has 0 saturated heterocycles. The van der Waals surface area contributed by atoms with Gasteiger partial charge in [0.2, 0.25) is 0 Å². The fourth-order valence-electron chi connectivity index (χ4n) is 1.83. The first-order chi connectivity index (χ1) is 8.50. The highest BCUT2D eigenvalue weighted by Gasteiger charge is 2.23. The Kier molecular flexibility index (Phi) is 3.72. The Morgan fingerprint density at radius 2 is 2.06 bits per heavy atom. The first-order valence-corrected chi connectivity index (χ1v) is 6.77. The predicted octanol–water partition coefficient (Wildman–Crippen LogP) is 0.846. The van der Waals surface area contributed by atoms with Crippen molar-refractivity contribution in [2.24, 2.45) is 0 Å². The van der Waals surface area contributed by atoms with E-state index in [1.807, 2.05) is 13.8 Å². The number of rotatable bonds is 5. The molecule has 100 valence electrons. The molecule has 0 aliphatic rings. The zero-order valence-corrected chi connectivity index (χ0v) is 11.7. The highest BCUT2D eigenvalue weighted by atomic mass is 32.1. The summed E-state index contributed by atoms with van der Waals surface area (Å²) in [6.07, 6.45) is 0. The average molecular weight is 269 g/mol. The quantitative estimate of drug-likeness (QED) is 0.752. The summed E-state index contributed by atoms with van der Waals surface area (Å²) < 4.78 is 2.11. The Hall–Kier alpha value is -0.950. The van der Waals surface area contributed by atoms with Crippen molar-refractivity contribution < 1.29 is 10.2 Å². The van der Waals surface area contributed by atoms with Crippen LogP contribution < -0.4 is 5.32 Å². The summed E-state index contributed by atoms with van der Waals surface area (Å²) in [6, 6.07) is 0. The number of imidazole rings is 1. The van der Waals surface area contributed by atoms with E-state index in [1.165, 1.54) is 0 Å². The third-order valence-electron chi connectivity index (χ3n) is 3.21. The highest BCUT2D eigenvalue weighted by molar-refractivity contribution is 7.15. The van der Waals surface area contributed by atoms with E-state index in [0.29, 0.717) is 6.54 Å². The third-order valence-corrected chi connectivity index (χ3v) is 4.15. The molecule has 5 nitrogen and oxygen atoms in total. The van der Waals surface area contributed by atoms with E-state index in [4.69, 9.17) is 0 Å². The highest BCUT2D eigenvalue weighted by Crippen LogP contribution is 2.20. The maximum Gasteiger partial charge on any atom is 0.194 e. The summed E-state index contributed by atoms with van der Waals surface area (Å²) in [4.78, 5) is 5.49. The lowest BCUT2D eigenvalue weighted by Gasteiger charge is -2.26. The number of thiazole rings is 1. The van der Waals surface area contributed by atoms with Crippen LogP contribution in [0.15, 0.2) is 5.38 Å². The van der Waals surface area contributed by atoms with Crippen LogP contribution in [-0.2, 0) is 6.54 Å². The molecule has 0 bridgehead atoms. The summed E-state index contributed by atoms with van der Waals surface area (Å²) in [5, 5.41) is 23.8. The van der Waals surface area contributed by atoms with Gasteiger partial charge in [-0.05, 0) is 20.8 Å². The van der Waals surface area contributed by atoms with Gasteiger partial charge in [-0.15, -0.1) is 11.3 Å². The Balaban J connectivity index is 2.26. The van der Waals surface area contributed by atoms with E-state index in [0.717, 1.165) is 22.0 Å². The predicted molar refractivity (Wildman–Crippen MR) is 72.0 cm³/mol. The molecule has 2 heterocycles. The van der Waals surface area contributed by atoms with Crippen molar-refractivity contribution in [1.29, 1.82) is 0 Å². The van der Waals surface area contributed by atoms with Gasteiger partial charge in [-0.3, -0.25) is 4.40 Å². The van der Waals surface area contributed by atoms with Crippen molar-refractivity contribution in [2.45, 2.75) is 32.9 Å². The number of hydrogen-bond donors (Lipinski definition) is 3. The first kappa shape index (κ1) is 13.5. The minimum absolute atomic E-state index is 0.104. The average Bonchev–Trinajstić information content (AvgIpc) is 2.87. The van der Waals surface area contributed by atoms with Crippen molar-refractivity contribution in [1.82, 2.24) is 14.7 Å². The van der Waals surface area contributed by atoms with E-state index in [1.54, 1.807) is 18.3 Å². The van der Waals surface area contributed by atoms with Crippen LogP contribution in [0.3, 0.4) is 0 Å². The molecule has 0 aliphatic carbocycles. The van der Waals surface area contributed by atoms with Gasteiger partial charge in [0.25, 0.3) is 0 Å². The standard InChI is InChI=1S/C12H19N3O2S/c1-8-5-18-11-14-9(2)10(15(8)11)4-13-12(3,6-16)7-17/h5,13,16-17H,4,6-7H2,1-3H3. The van der Waals surface area contributed by atoms with Gasteiger partial charge in [-0.1, -0.05) is 0 Å². The fourth-order valence-corrected chi connectivity index (χ4v) is 2.77. The maximum absolute atomic E-state index is 9.27. The lowest BCUT2D eigenvalue weighted by molar-refractivity contribution is 0.103. The van der Waals surface area contributed by atoms with Gasteiger partial charge in [0.15, 0.2) is 4.96 Å². The molecule has 2 aromatic rings. The number of aryl methyl sites for hydroxylation is 2. The number of fused-ring (bicyclic) bond motifs is 1. The molecule has 0 radical (unpaired) electrons. The van der Waals surface area contributed by atoms with Crippen molar-refractivity contribution in [3.05, 3.63) is 22.5 Å². The van der Waals surface area contributed by atoms with Crippen molar-refractivity contribution in [2.75, 3.05) is 13.2 Å². The van der Waals surface area contributed by atoms with Gasteiger partial charge in [-0.25, -0.2) is 4.98 Å². The van der Waals surface area contributed by atoms with Crippen LogP contribution >= 0.6 is 11.3 Å². The van der Waals surface area contributed by atoms with Crippen LogP contribution in [0.2, 0.25) is 0 Å². The molecule has 6 heteroatoms. The maximum atomic E-state index is 9.27. The zero-order valence-electron chi connectivity index (χ0n) is 10.9.